The summed E-state index contributed by atoms with van der Waals surface area (Å²) in [6.07, 6.45) is -0.294. The van der Waals surface area contributed by atoms with Crippen LogP contribution in [0.25, 0.3) is 12.2 Å². The van der Waals surface area contributed by atoms with Crippen LogP contribution in [0.5, 0.6) is 0 Å². The first-order valence-electron chi connectivity index (χ1n) is 17.2. The van der Waals surface area contributed by atoms with E-state index in [9.17, 15) is 32.3 Å². The molecular weight excluding hydrogens is 693 g/mol. The fraction of sp³-hybridized carbons (Fsp3) is 0.256. The fourth-order valence-electron chi connectivity index (χ4n) is 4.94. The number of hydrazine groups is 2. The van der Waals surface area contributed by atoms with E-state index in [1.165, 1.54) is 5.01 Å². The summed E-state index contributed by atoms with van der Waals surface area (Å²) >= 11 is 0. The van der Waals surface area contributed by atoms with Gasteiger partial charge in [0.15, 0.2) is 0 Å². The second kappa shape index (κ2) is 17.7. The van der Waals surface area contributed by atoms with E-state index in [0.717, 1.165) is 52.4 Å². The monoisotopic (exact) mass is 740 g/mol. The van der Waals surface area contributed by atoms with Crippen molar-refractivity contribution in [2.75, 3.05) is 0 Å². The van der Waals surface area contributed by atoms with Crippen LogP contribution < -0.4 is 10.9 Å². The molecular formula is C43H47F3N4O4. The number of alkyl halides is 3. The number of carbonyl (C=O) groups excluding carboxylic acids is 4. The summed E-state index contributed by atoms with van der Waals surface area (Å²) < 4.78 is 38.0. The summed E-state index contributed by atoms with van der Waals surface area (Å²) in [5, 5.41) is 2.54. The maximum Gasteiger partial charge on any atom is 0.416 e. The minimum atomic E-state index is -4.49. The van der Waals surface area contributed by atoms with Gasteiger partial charge in [-0.2, -0.15) is 13.2 Å². The highest BCUT2D eigenvalue weighted by atomic mass is 19.4. The predicted molar refractivity (Wildman–Crippen MR) is 207 cm³/mol. The van der Waals surface area contributed by atoms with Crippen LogP contribution in [0.4, 0.5) is 13.2 Å². The number of benzene rings is 4. The van der Waals surface area contributed by atoms with Gasteiger partial charge < -0.3 is 0 Å². The Kier molecular flexibility index (Phi) is 13.9. The number of nitrogens with zero attached hydrogens (tertiary/aromatic N) is 2. The van der Waals surface area contributed by atoms with Crippen LogP contribution in [0.3, 0.4) is 0 Å². The van der Waals surface area contributed by atoms with Crippen molar-refractivity contribution >= 4 is 35.8 Å². The average Bonchev–Trinajstić information content (AvgIpc) is 3.14. The highest BCUT2D eigenvalue weighted by molar-refractivity contribution is 6.00. The molecule has 0 fully saturated rings. The molecule has 0 spiro atoms. The van der Waals surface area contributed by atoms with E-state index in [4.69, 9.17) is 0 Å². The van der Waals surface area contributed by atoms with E-state index >= 15 is 0 Å². The van der Waals surface area contributed by atoms with Gasteiger partial charge in [-0.1, -0.05) is 68.6 Å². The highest BCUT2D eigenvalue weighted by Gasteiger charge is 2.32. The topological polar surface area (TPSA) is 98.8 Å². The molecule has 54 heavy (non-hydrogen) atoms. The molecule has 0 saturated carbocycles. The van der Waals surface area contributed by atoms with Gasteiger partial charge in [-0.15, -0.1) is 0 Å². The van der Waals surface area contributed by atoms with Crippen molar-refractivity contribution in [1.82, 2.24) is 20.9 Å². The van der Waals surface area contributed by atoms with Crippen LogP contribution in [-0.2, 0) is 12.6 Å². The van der Waals surface area contributed by atoms with Crippen molar-refractivity contribution < 1.29 is 32.3 Å². The number of aryl methyl sites for hydroxylation is 1. The molecule has 0 bridgehead atoms. The number of rotatable bonds is 7. The Morgan fingerprint density at radius 3 is 1.28 bits per heavy atom. The van der Waals surface area contributed by atoms with Crippen molar-refractivity contribution in [2.45, 2.75) is 72.1 Å². The molecule has 4 aromatic rings. The van der Waals surface area contributed by atoms with Crippen LogP contribution in [0.2, 0.25) is 0 Å². The minimum absolute atomic E-state index is 0.00916. The molecule has 0 atom stereocenters. The van der Waals surface area contributed by atoms with Crippen molar-refractivity contribution in [2.24, 2.45) is 0 Å². The molecule has 0 radical (unpaired) electrons. The second-order valence-corrected chi connectivity index (χ2v) is 14.3. The van der Waals surface area contributed by atoms with Gasteiger partial charge in [0, 0.05) is 22.3 Å². The molecule has 8 nitrogen and oxygen atoms in total. The molecule has 0 saturated heterocycles. The second-order valence-electron chi connectivity index (χ2n) is 14.3. The molecule has 4 aromatic carbocycles. The predicted octanol–water partition coefficient (Wildman–Crippen LogP) is 9.41. The van der Waals surface area contributed by atoms with Crippen LogP contribution >= 0.6 is 0 Å². The Morgan fingerprint density at radius 1 is 0.593 bits per heavy atom. The largest absolute Gasteiger partial charge is 0.416 e. The maximum absolute atomic E-state index is 13.0. The van der Waals surface area contributed by atoms with Crippen molar-refractivity contribution in [3.05, 3.63) is 155 Å². The Bertz CT molecular complexity index is 1970. The Morgan fingerprint density at radius 2 is 0.963 bits per heavy atom. The Hall–Kier alpha value is -5.97. The van der Waals surface area contributed by atoms with Gasteiger partial charge in [-0.25, -0.2) is 10.0 Å². The van der Waals surface area contributed by atoms with Gasteiger partial charge in [0.05, 0.1) is 16.6 Å². The zero-order valence-corrected chi connectivity index (χ0v) is 31.7. The number of nitrogens with one attached hydrogen (secondary N) is 2. The van der Waals surface area contributed by atoms with Crippen molar-refractivity contribution in [3.8, 4) is 0 Å². The van der Waals surface area contributed by atoms with Crippen LogP contribution in [0, 0.1) is 0 Å². The van der Waals surface area contributed by atoms with Crippen molar-refractivity contribution in [3.63, 3.8) is 0 Å². The first kappa shape index (κ1) is 42.4. The quantitative estimate of drug-likeness (QED) is 0.185. The smallest absolute Gasteiger partial charge is 0.267 e. The summed E-state index contributed by atoms with van der Waals surface area (Å²) in [5.41, 5.74) is 7.19. The average molecular weight is 741 g/mol. The van der Waals surface area contributed by atoms with Crippen LogP contribution in [0.1, 0.15) is 112 Å². The zero-order chi connectivity index (χ0) is 40.4. The summed E-state index contributed by atoms with van der Waals surface area (Å²) in [5.74, 6) is -1.70. The Labute approximate surface area is 315 Å². The molecule has 0 aromatic heterocycles. The molecule has 0 aliphatic rings. The lowest BCUT2D eigenvalue weighted by Crippen LogP contribution is -2.55. The van der Waals surface area contributed by atoms with Gasteiger partial charge in [0.2, 0.25) is 0 Å². The highest BCUT2D eigenvalue weighted by Crippen LogP contribution is 2.29. The van der Waals surface area contributed by atoms with Crippen molar-refractivity contribution in [1.29, 1.82) is 0 Å². The van der Waals surface area contributed by atoms with E-state index in [1.807, 2.05) is 39.0 Å². The van der Waals surface area contributed by atoms with Gasteiger partial charge in [0.1, 0.15) is 0 Å². The summed E-state index contributed by atoms with van der Waals surface area (Å²) in [4.78, 5) is 51.1. The standard InChI is InChI=1S/C22H26N2O2.C21H21F3N2O2/c1-6-16-11-13-18(14-12-16)20(25)23-24(22(3,4)5)21(26)19-10-8-9-17(7-2)15-19;1-5-14-7-6-8-16(13-14)19(28)26(20(2,3)4)25-18(27)15-9-11-17(12-10-15)21(22,23)24/h7-15H,2,6H2,1,3-5H3,(H,23,25);5-13H,1H2,2-4H3,(H,25,27). The van der Waals surface area contributed by atoms with Gasteiger partial charge >= 0.3 is 6.18 Å². The Balaban J connectivity index is 0.000000291. The first-order chi connectivity index (χ1) is 25.2. The maximum atomic E-state index is 13.0. The first-order valence-corrected chi connectivity index (χ1v) is 17.2. The lowest BCUT2D eigenvalue weighted by Gasteiger charge is -2.35. The lowest BCUT2D eigenvalue weighted by atomic mass is 10.0. The molecule has 2 N–H and O–H groups in total. The fourth-order valence-corrected chi connectivity index (χ4v) is 4.94. The zero-order valence-electron chi connectivity index (χ0n) is 31.7. The molecule has 0 heterocycles. The summed E-state index contributed by atoms with van der Waals surface area (Å²) in [6.45, 7) is 20.3. The third kappa shape index (κ3) is 11.5. The number of carbonyl (C=O) groups is 4. The third-order valence-corrected chi connectivity index (χ3v) is 8.01. The number of hydrogen-bond donors (Lipinski definition) is 2. The minimum Gasteiger partial charge on any atom is -0.267 e. The van der Waals surface area contributed by atoms with Gasteiger partial charge in [-0.05, 0) is 125 Å². The third-order valence-electron chi connectivity index (χ3n) is 8.01. The number of hydrogen-bond acceptors (Lipinski definition) is 4. The molecule has 0 aliphatic heterocycles. The number of halogens is 3. The summed E-state index contributed by atoms with van der Waals surface area (Å²) in [6, 6.07) is 25.1. The van der Waals surface area contributed by atoms with Crippen LogP contribution in [-0.4, -0.2) is 44.7 Å². The van der Waals surface area contributed by atoms with Gasteiger partial charge in [-0.3, -0.25) is 30.0 Å². The van der Waals surface area contributed by atoms with Gasteiger partial charge in [0.25, 0.3) is 23.6 Å². The van der Waals surface area contributed by atoms with Crippen LogP contribution in [0.15, 0.2) is 110 Å². The van der Waals surface area contributed by atoms with E-state index < -0.39 is 34.6 Å². The normalized spacial score (nSPS) is 11.3. The summed E-state index contributed by atoms with van der Waals surface area (Å²) in [7, 11) is 0. The molecule has 0 unspecified atom stereocenters. The molecule has 4 rings (SSSR count). The van der Waals surface area contributed by atoms with E-state index in [0.29, 0.717) is 16.7 Å². The molecule has 0 aliphatic carbocycles. The lowest BCUT2D eigenvalue weighted by molar-refractivity contribution is -0.137. The molecule has 4 amide bonds. The molecule has 11 heteroatoms. The van der Waals surface area contributed by atoms with E-state index in [-0.39, 0.29) is 17.4 Å². The molecule has 284 valence electrons. The number of amides is 4. The van der Waals surface area contributed by atoms with E-state index in [2.05, 4.69) is 30.9 Å². The van der Waals surface area contributed by atoms with E-state index in [1.54, 1.807) is 87.5 Å². The SMILES string of the molecule is C=Cc1cccc(C(=O)N(NC(=O)c2ccc(C(F)(F)F)cc2)C(C)(C)C)c1.C=Cc1cccc(C(=O)N(NC(=O)c2ccc(CC)cc2)C(C)(C)C)c1.